The highest BCUT2D eigenvalue weighted by molar-refractivity contribution is 8.76. The SMILES string of the molecule is COC(=O)[C@H](CCSC)NC(=O)[C@H](CC(C)C)NC(=O)[C@@H](Cc1c[nH]c2ccccc12)NC(=O)C1CSSC[C@H](NC(=O)OC(C)(C)C)C(=O)N[C@H](Cc2ccccc2)C(=O)N1. The fourth-order valence-corrected chi connectivity index (χ4v) is 9.33. The van der Waals surface area contributed by atoms with Crippen molar-refractivity contribution in [1.29, 1.82) is 0 Å². The molecule has 7 N–H and O–H groups in total. The van der Waals surface area contributed by atoms with E-state index in [1.807, 2.05) is 50.4 Å². The number of methoxy groups -OCH3 is 1. The van der Waals surface area contributed by atoms with Gasteiger partial charge in [-0.15, -0.1) is 0 Å². The molecule has 4 rings (SSSR count). The molecule has 19 heteroatoms. The number of rotatable bonds is 17. The summed E-state index contributed by atoms with van der Waals surface area (Å²) >= 11 is 1.51. The lowest BCUT2D eigenvalue weighted by Crippen LogP contribution is -2.60. The molecule has 1 aliphatic rings. The van der Waals surface area contributed by atoms with Gasteiger partial charge in [-0.25, -0.2) is 9.59 Å². The monoisotopic (exact) mass is 913 g/mol. The number of thioether (sulfide) groups is 1. The molecule has 1 saturated heterocycles. The molecule has 16 nitrogen and oxygen atoms in total. The first kappa shape index (κ1) is 49.8. The van der Waals surface area contributed by atoms with Gasteiger partial charge >= 0.3 is 12.1 Å². The number of benzene rings is 2. The van der Waals surface area contributed by atoms with E-state index < -0.39 is 83.5 Å². The molecule has 1 aliphatic heterocycles. The number of aromatic nitrogens is 1. The maximum Gasteiger partial charge on any atom is 0.408 e. The van der Waals surface area contributed by atoms with Crippen LogP contribution >= 0.6 is 33.3 Å². The minimum absolute atomic E-state index is 0.0172. The van der Waals surface area contributed by atoms with Crippen LogP contribution in [0.3, 0.4) is 0 Å². The van der Waals surface area contributed by atoms with Gasteiger partial charge in [-0.1, -0.05) is 84.0 Å². The summed E-state index contributed by atoms with van der Waals surface area (Å²) in [6.07, 6.45) is 3.48. The number of hydrogen-bond donors (Lipinski definition) is 7. The van der Waals surface area contributed by atoms with E-state index in [1.165, 1.54) is 40.5 Å². The minimum atomic E-state index is -1.23. The fraction of sp³-hybridized carbons (Fsp3) is 0.512. The maximum absolute atomic E-state index is 14.4. The largest absolute Gasteiger partial charge is 0.467 e. The van der Waals surface area contributed by atoms with Gasteiger partial charge in [0.15, 0.2) is 0 Å². The number of carbonyl (C=O) groups is 7. The van der Waals surface area contributed by atoms with Crippen LogP contribution < -0.4 is 31.9 Å². The van der Waals surface area contributed by atoms with E-state index in [0.29, 0.717) is 12.2 Å². The second-order valence-corrected chi connectivity index (χ2v) is 19.8. The van der Waals surface area contributed by atoms with E-state index >= 15 is 0 Å². The third-order valence-corrected chi connectivity index (χ3v) is 12.7. The summed E-state index contributed by atoms with van der Waals surface area (Å²) in [6.45, 7) is 8.89. The molecule has 0 aliphatic carbocycles. The van der Waals surface area contributed by atoms with Gasteiger partial charge < -0.3 is 46.4 Å². The summed E-state index contributed by atoms with van der Waals surface area (Å²) < 4.78 is 10.3. The van der Waals surface area contributed by atoms with Crippen LogP contribution in [0.25, 0.3) is 10.9 Å². The van der Waals surface area contributed by atoms with Crippen molar-refractivity contribution in [2.75, 3.05) is 30.6 Å². The van der Waals surface area contributed by atoms with Crippen molar-refractivity contribution in [1.82, 2.24) is 36.9 Å². The van der Waals surface area contributed by atoms with Gasteiger partial charge in [-0.2, -0.15) is 11.8 Å². The van der Waals surface area contributed by atoms with Gasteiger partial charge in [0.1, 0.15) is 41.9 Å². The van der Waals surface area contributed by atoms with Crippen LogP contribution in [0, 0.1) is 5.92 Å². The summed E-state index contributed by atoms with van der Waals surface area (Å²) in [5, 5.41) is 17.5. The smallest absolute Gasteiger partial charge is 0.408 e. The maximum atomic E-state index is 14.4. The molecule has 3 aromatic rings. The van der Waals surface area contributed by atoms with Crippen LogP contribution in [0.1, 0.15) is 58.6 Å². The second-order valence-electron chi connectivity index (χ2n) is 16.3. The molecule has 0 radical (unpaired) electrons. The lowest BCUT2D eigenvalue weighted by atomic mass is 10.00. The quantitative estimate of drug-likeness (QED) is 0.0762. The number of amides is 6. The Hall–Kier alpha value is -4.88. The topological polar surface area (TPSA) is 226 Å². The van der Waals surface area contributed by atoms with Crippen LogP contribution in [-0.4, -0.2) is 119 Å². The molecule has 6 atom stereocenters. The fourth-order valence-electron chi connectivity index (χ4n) is 6.53. The number of hydrogen-bond acceptors (Lipinski definition) is 12. The number of H-pyrrole nitrogens is 1. The normalized spacial score (nSPS) is 18.8. The third-order valence-electron chi connectivity index (χ3n) is 9.59. The Balaban J connectivity index is 1.63. The van der Waals surface area contributed by atoms with Gasteiger partial charge in [0.25, 0.3) is 0 Å². The van der Waals surface area contributed by atoms with Gasteiger partial charge in [-0.3, -0.25) is 24.0 Å². The predicted octanol–water partition coefficient (Wildman–Crippen LogP) is 3.64. The molecule has 0 spiro atoms. The van der Waals surface area contributed by atoms with Gasteiger partial charge in [-0.05, 0) is 68.7 Å². The van der Waals surface area contributed by atoms with Crippen LogP contribution in [0.2, 0.25) is 0 Å². The van der Waals surface area contributed by atoms with Crippen molar-refractivity contribution in [3.8, 4) is 0 Å². The number of nitrogens with one attached hydrogen (secondary N) is 7. The number of carbonyl (C=O) groups excluding carboxylic acids is 7. The molecule has 6 amide bonds. The number of para-hydroxylation sites is 1. The van der Waals surface area contributed by atoms with Crippen molar-refractivity contribution in [3.63, 3.8) is 0 Å². The number of aromatic amines is 1. The molecule has 2 heterocycles. The summed E-state index contributed by atoms with van der Waals surface area (Å²) in [7, 11) is 3.66. The first-order chi connectivity index (χ1) is 29.5. The Morgan fingerprint density at radius 3 is 2.19 bits per heavy atom. The highest BCUT2D eigenvalue weighted by Gasteiger charge is 2.35. The summed E-state index contributed by atoms with van der Waals surface area (Å²) in [4.78, 5) is 98.9. The summed E-state index contributed by atoms with van der Waals surface area (Å²) in [5.74, 6) is -3.13. The third kappa shape index (κ3) is 15.8. The number of alkyl carbamates (subject to hydrolysis) is 1. The zero-order valence-electron chi connectivity index (χ0n) is 36.2. The highest BCUT2D eigenvalue weighted by atomic mass is 33.1. The summed E-state index contributed by atoms with van der Waals surface area (Å²) in [5.41, 5.74) is 1.46. The van der Waals surface area contributed by atoms with Crippen LogP contribution in [0.4, 0.5) is 4.79 Å². The summed E-state index contributed by atoms with van der Waals surface area (Å²) in [6, 6.07) is 9.89. The molecule has 1 unspecified atom stereocenters. The first-order valence-electron chi connectivity index (χ1n) is 20.4. The van der Waals surface area contributed by atoms with Crippen molar-refractivity contribution in [2.45, 2.75) is 102 Å². The average Bonchev–Trinajstić information content (AvgIpc) is 3.62. The Labute approximate surface area is 374 Å². The van der Waals surface area contributed by atoms with E-state index in [9.17, 15) is 33.6 Å². The predicted molar refractivity (Wildman–Crippen MR) is 244 cm³/mol. The lowest BCUT2D eigenvalue weighted by Gasteiger charge is -2.27. The Kier molecular flexibility index (Phi) is 19.3. The van der Waals surface area contributed by atoms with E-state index in [0.717, 1.165) is 22.0 Å². The molecule has 0 bridgehead atoms. The zero-order valence-corrected chi connectivity index (χ0v) is 38.6. The van der Waals surface area contributed by atoms with Crippen LogP contribution in [0.5, 0.6) is 0 Å². The Morgan fingerprint density at radius 1 is 0.855 bits per heavy atom. The first-order valence-corrected chi connectivity index (χ1v) is 24.3. The van der Waals surface area contributed by atoms with Crippen LogP contribution in [0.15, 0.2) is 60.8 Å². The Bertz CT molecular complexity index is 2010. The van der Waals surface area contributed by atoms with E-state index in [2.05, 4.69) is 36.9 Å². The molecule has 62 heavy (non-hydrogen) atoms. The average molecular weight is 914 g/mol. The van der Waals surface area contributed by atoms with E-state index in [1.54, 1.807) is 51.2 Å². The van der Waals surface area contributed by atoms with Crippen molar-refractivity contribution in [3.05, 3.63) is 71.9 Å². The van der Waals surface area contributed by atoms with Gasteiger partial charge in [0.2, 0.25) is 29.5 Å². The van der Waals surface area contributed by atoms with Crippen LogP contribution in [-0.2, 0) is 51.1 Å². The molecular formula is C43H59N7O9S3. The lowest BCUT2D eigenvalue weighted by molar-refractivity contribution is -0.145. The molecular weight excluding hydrogens is 855 g/mol. The van der Waals surface area contributed by atoms with Crippen molar-refractivity contribution >= 4 is 85.9 Å². The minimum Gasteiger partial charge on any atom is -0.467 e. The molecule has 0 saturated carbocycles. The van der Waals surface area contributed by atoms with Gasteiger partial charge in [0.05, 0.1) is 7.11 Å². The molecule has 1 aromatic heterocycles. The van der Waals surface area contributed by atoms with Crippen molar-refractivity contribution in [2.24, 2.45) is 5.92 Å². The number of fused-ring (bicyclic) bond motifs is 1. The number of esters is 1. The Morgan fingerprint density at radius 2 is 1.52 bits per heavy atom. The standard InChI is InChI=1S/C43H59N7O9S3/c1-25(2)19-31(36(51)45-30(17-18-60-7)41(56)58-6)46-38(53)33(21-27-22-44-29-16-12-11-15-28(27)29)48-39(54)34-23-61-62-24-35(50-42(57)59-43(3,4)5)40(55)47-32(37(52)49-34)20-26-13-9-8-10-14-26/h8-16,22,25,30-35,44H,17-21,23-24H2,1-7H3,(H,45,51)(H,46,53)(H,47,55)(H,48,54)(H,49,52)(H,50,57)/t30-,31-,32+,33+,34?,35-/m0/s1. The zero-order chi connectivity index (χ0) is 45.4. The highest BCUT2D eigenvalue weighted by Crippen LogP contribution is 2.25. The number of ether oxygens (including phenoxy) is 2. The molecule has 338 valence electrons. The molecule has 2 aromatic carbocycles. The van der Waals surface area contributed by atoms with Gasteiger partial charge in [0, 0.05) is 41.4 Å². The van der Waals surface area contributed by atoms with E-state index in [-0.39, 0.29) is 36.7 Å². The second kappa shape index (κ2) is 24.1. The van der Waals surface area contributed by atoms with Crippen molar-refractivity contribution < 1.29 is 43.0 Å². The molecule has 1 fully saturated rings. The van der Waals surface area contributed by atoms with E-state index in [4.69, 9.17) is 9.47 Å².